The lowest BCUT2D eigenvalue weighted by atomic mass is 9.95. The highest BCUT2D eigenvalue weighted by Crippen LogP contribution is 2.36. The number of allylic oxidation sites excluding steroid dienone is 1. The Kier molecular flexibility index (Phi) is 7.65. The lowest BCUT2D eigenvalue weighted by Crippen LogP contribution is -2.40. The average Bonchev–Trinajstić information content (AvgIpc) is 3.15. The van der Waals surface area contributed by atoms with Crippen molar-refractivity contribution in [2.75, 3.05) is 20.3 Å². The van der Waals surface area contributed by atoms with Crippen LogP contribution in [0.15, 0.2) is 61.9 Å². The van der Waals surface area contributed by atoms with E-state index in [1.54, 1.807) is 63.4 Å². The topological polar surface area (TPSA) is 99.4 Å². The van der Waals surface area contributed by atoms with Crippen LogP contribution < -0.4 is 24.4 Å². The Labute approximate surface area is 219 Å². The number of carbonyl (C=O) groups is 1. The van der Waals surface area contributed by atoms with Crippen molar-refractivity contribution in [2.45, 2.75) is 26.8 Å². The van der Waals surface area contributed by atoms with E-state index >= 15 is 0 Å². The Bertz CT molecular complexity index is 1540. The van der Waals surface area contributed by atoms with Gasteiger partial charge in [-0.15, -0.1) is 0 Å². The van der Waals surface area contributed by atoms with Crippen molar-refractivity contribution in [3.05, 3.63) is 83.0 Å². The highest BCUT2D eigenvalue weighted by atomic mass is 79.9. The summed E-state index contributed by atoms with van der Waals surface area (Å²) in [6.07, 6.45) is 1.62. The van der Waals surface area contributed by atoms with Gasteiger partial charge in [0.05, 0.1) is 42.2 Å². The number of benzene rings is 2. The number of phenols is 1. The van der Waals surface area contributed by atoms with Crippen LogP contribution in [-0.2, 0) is 9.53 Å². The smallest absolute Gasteiger partial charge is 0.338 e. The summed E-state index contributed by atoms with van der Waals surface area (Å²) in [6, 6.07) is 9.49. The molecule has 1 aliphatic heterocycles. The zero-order chi connectivity index (χ0) is 26.0. The van der Waals surface area contributed by atoms with Crippen molar-refractivity contribution in [1.29, 1.82) is 0 Å². The summed E-state index contributed by atoms with van der Waals surface area (Å²) < 4.78 is 19.1. The number of nitrogens with zero attached hydrogens (tertiary/aromatic N) is 2. The summed E-state index contributed by atoms with van der Waals surface area (Å²) in [5.41, 5.74) is 1.52. The molecule has 2 heterocycles. The molecule has 0 saturated carbocycles. The number of hydrogen-bond donors (Lipinski definition) is 1. The van der Waals surface area contributed by atoms with E-state index in [1.807, 2.05) is 6.92 Å². The summed E-state index contributed by atoms with van der Waals surface area (Å²) >= 11 is 4.58. The largest absolute Gasteiger partial charge is 0.507 e. The molecular formula is C26H25BrN2O6S. The molecule has 1 atom stereocenters. The number of phenolic OH excluding ortho intramolecular Hbond substituents is 1. The Balaban J connectivity index is 1.98. The number of methoxy groups -OCH3 is 1. The molecule has 0 fully saturated rings. The maximum atomic E-state index is 13.7. The van der Waals surface area contributed by atoms with E-state index in [2.05, 4.69) is 20.9 Å². The predicted molar refractivity (Wildman–Crippen MR) is 140 cm³/mol. The molecule has 1 aliphatic rings. The summed E-state index contributed by atoms with van der Waals surface area (Å²) in [4.78, 5) is 31.8. The quantitative estimate of drug-likeness (QED) is 0.434. The van der Waals surface area contributed by atoms with Crippen LogP contribution in [0.3, 0.4) is 0 Å². The van der Waals surface area contributed by atoms with Gasteiger partial charge in [0.2, 0.25) is 0 Å². The molecule has 0 bridgehead atoms. The van der Waals surface area contributed by atoms with E-state index in [-0.39, 0.29) is 23.5 Å². The minimum absolute atomic E-state index is 0.0421. The van der Waals surface area contributed by atoms with Gasteiger partial charge in [-0.25, -0.2) is 9.79 Å². The lowest BCUT2D eigenvalue weighted by molar-refractivity contribution is -0.139. The molecule has 1 N–H and O–H groups in total. The number of hydrogen-bond acceptors (Lipinski definition) is 8. The van der Waals surface area contributed by atoms with Crippen molar-refractivity contribution in [3.63, 3.8) is 0 Å². The van der Waals surface area contributed by atoms with Crippen LogP contribution >= 0.6 is 27.3 Å². The van der Waals surface area contributed by atoms with Crippen molar-refractivity contribution < 1.29 is 24.1 Å². The molecule has 188 valence electrons. The minimum Gasteiger partial charge on any atom is -0.507 e. The van der Waals surface area contributed by atoms with Gasteiger partial charge in [0.1, 0.15) is 5.75 Å². The highest BCUT2D eigenvalue weighted by molar-refractivity contribution is 9.10. The number of halogens is 1. The van der Waals surface area contributed by atoms with Crippen LogP contribution in [0.5, 0.6) is 17.2 Å². The van der Waals surface area contributed by atoms with Gasteiger partial charge in [-0.1, -0.05) is 33.3 Å². The molecule has 2 aromatic carbocycles. The molecule has 0 aliphatic carbocycles. The van der Waals surface area contributed by atoms with Crippen molar-refractivity contribution >= 4 is 39.3 Å². The third-order valence-electron chi connectivity index (χ3n) is 5.60. The van der Waals surface area contributed by atoms with Gasteiger partial charge in [0.25, 0.3) is 5.56 Å². The average molecular weight is 573 g/mol. The SMILES string of the molecule is CCOC(=O)C1=C(C)N=c2s/c(=C\c3cc(Br)ccc3O)c(=O)n2[C@@H]1c1ccc(OC)c(OCC)c1. The van der Waals surface area contributed by atoms with Crippen molar-refractivity contribution in [3.8, 4) is 17.2 Å². The van der Waals surface area contributed by atoms with E-state index in [0.717, 1.165) is 4.47 Å². The molecule has 36 heavy (non-hydrogen) atoms. The Morgan fingerprint density at radius 3 is 2.67 bits per heavy atom. The highest BCUT2D eigenvalue weighted by Gasteiger charge is 2.34. The fourth-order valence-electron chi connectivity index (χ4n) is 4.02. The molecule has 0 spiro atoms. The zero-order valence-electron chi connectivity index (χ0n) is 20.2. The number of thiazole rings is 1. The van der Waals surface area contributed by atoms with Gasteiger partial charge < -0.3 is 19.3 Å². The van der Waals surface area contributed by atoms with Crippen LogP contribution in [-0.4, -0.2) is 36.0 Å². The molecule has 8 nitrogen and oxygen atoms in total. The molecule has 0 radical (unpaired) electrons. The Morgan fingerprint density at radius 1 is 1.19 bits per heavy atom. The van der Waals surface area contributed by atoms with Gasteiger partial charge in [0, 0.05) is 10.0 Å². The molecule has 3 aromatic rings. The van der Waals surface area contributed by atoms with Crippen LogP contribution in [0.2, 0.25) is 0 Å². The van der Waals surface area contributed by atoms with Gasteiger partial charge in [-0.2, -0.15) is 0 Å². The van der Waals surface area contributed by atoms with Crippen LogP contribution in [0.25, 0.3) is 6.08 Å². The molecule has 4 rings (SSSR count). The summed E-state index contributed by atoms with van der Waals surface area (Å²) in [7, 11) is 1.55. The number of ether oxygens (including phenoxy) is 3. The van der Waals surface area contributed by atoms with Gasteiger partial charge in [0.15, 0.2) is 16.3 Å². The second-order valence-corrected chi connectivity index (χ2v) is 9.77. The monoisotopic (exact) mass is 572 g/mol. The standard InChI is InChI=1S/C26H25BrN2O6S/c1-5-34-20-12-15(7-10-19(20)33-4)23-22(25(32)35-6-2)14(3)28-26-29(23)24(31)21(36-26)13-16-11-17(27)8-9-18(16)30/h7-13,23,30H,5-6H2,1-4H3/b21-13-/t23-/m1/s1. The Morgan fingerprint density at radius 2 is 1.97 bits per heavy atom. The predicted octanol–water partition coefficient (Wildman–Crippen LogP) is 3.67. The van der Waals surface area contributed by atoms with Gasteiger partial charge in [-0.3, -0.25) is 9.36 Å². The summed E-state index contributed by atoms with van der Waals surface area (Å²) in [6.45, 7) is 5.91. The summed E-state index contributed by atoms with van der Waals surface area (Å²) in [5.74, 6) is 0.532. The van der Waals surface area contributed by atoms with E-state index in [0.29, 0.717) is 44.3 Å². The molecule has 10 heteroatoms. The normalized spacial score (nSPS) is 15.4. The van der Waals surface area contributed by atoms with Gasteiger partial charge in [-0.05, 0) is 62.7 Å². The number of fused-ring (bicyclic) bond motifs is 1. The molecule has 0 amide bonds. The van der Waals surface area contributed by atoms with Crippen molar-refractivity contribution in [2.24, 2.45) is 4.99 Å². The van der Waals surface area contributed by atoms with Gasteiger partial charge >= 0.3 is 5.97 Å². The first-order valence-electron chi connectivity index (χ1n) is 11.3. The van der Waals surface area contributed by atoms with E-state index in [9.17, 15) is 14.7 Å². The number of rotatable bonds is 7. The summed E-state index contributed by atoms with van der Waals surface area (Å²) in [5, 5.41) is 10.3. The second kappa shape index (κ2) is 10.7. The maximum absolute atomic E-state index is 13.7. The molecule has 1 aromatic heterocycles. The fourth-order valence-corrected chi connectivity index (χ4v) is 5.44. The minimum atomic E-state index is -0.788. The zero-order valence-corrected chi connectivity index (χ0v) is 22.6. The molecule has 0 saturated heterocycles. The third-order valence-corrected chi connectivity index (χ3v) is 7.07. The second-order valence-electron chi connectivity index (χ2n) is 7.85. The Hall–Kier alpha value is -3.37. The third kappa shape index (κ3) is 4.83. The lowest BCUT2D eigenvalue weighted by Gasteiger charge is -2.25. The molecule has 0 unspecified atom stereocenters. The first kappa shape index (κ1) is 25.7. The number of carbonyl (C=O) groups excluding carboxylic acids is 1. The van der Waals surface area contributed by atoms with E-state index in [1.165, 1.54) is 15.9 Å². The first-order chi connectivity index (χ1) is 17.3. The van der Waals surface area contributed by atoms with E-state index < -0.39 is 12.0 Å². The maximum Gasteiger partial charge on any atom is 0.338 e. The van der Waals surface area contributed by atoms with Crippen LogP contribution in [0.4, 0.5) is 0 Å². The molecular weight excluding hydrogens is 548 g/mol. The fraction of sp³-hybridized carbons (Fsp3) is 0.269. The van der Waals surface area contributed by atoms with Crippen LogP contribution in [0, 0.1) is 0 Å². The van der Waals surface area contributed by atoms with E-state index in [4.69, 9.17) is 14.2 Å². The van der Waals surface area contributed by atoms with Crippen molar-refractivity contribution in [1.82, 2.24) is 4.57 Å². The number of esters is 1. The number of aromatic nitrogens is 1. The number of aromatic hydroxyl groups is 1. The first-order valence-corrected chi connectivity index (χ1v) is 12.9. The van der Waals surface area contributed by atoms with Crippen LogP contribution in [0.1, 0.15) is 37.9 Å².